The van der Waals surface area contributed by atoms with Crippen LogP contribution in [0.1, 0.15) is 31.2 Å². The van der Waals surface area contributed by atoms with Crippen molar-refractivity contribution < 1.29 is 4.52 Å². The van der Waals surface area contributed by atoms with Crippen molar-refractivity contribution in [3.8, 4) is 0 Å². The van der Waals surface area contributed by atoms with Crippen LogP contribution < -0.4 is 0 Å². The first-order chi connectivity index (χ1) is 9.83. The second-order valence-corrected chi connectivity index (χ2v) is 5.59. The minimum absolute atomic E-state index is 0.743. The summed E-state index contributed by atoms with van der Waals surface area (Å²) in [5.41, 5.74) is 1.05. The van der Waals surface area contributed by atoms with Gasteiger partial charge in [-0.15, -0.1) is 0 Å². The monoisotopic (exact) mass is 274 g/mol. The van der Waals surface area contributed by atoms with Crippen LogP contribution >= 0.6 is 0 Å². The summed E-state index contributed by atoms with van der Waals surface area (Å²) in [4.78, 5) is 2.46. The van der Waals surface area contributed by atoms with Crippen LogP contribution in [0.3, 0.4) is 0 Å². The molecule has 0 spiro atoms. The summed E-state index contributed by atoms with van der Waals surface area (Å²) in [7, 11) is 0. The van der Waals surface area contributed by atoms with Crippen LogP contribution in [0.25, 0.3) is 0 Å². The summed E-state index contributed by atoms with van der Waals surface area (Å²) in [5, 5.41) is 8.34. The van der Waals surface area contributed by atoms with Gasteiger partial charge in [0.1, 0.15) is 0 Å². The summed E-state index contributed by atoms with van der Waals surface area (Å²) < 4.78 is 7.41. The zero-order valence-electron chi connectivity index (χ0n) is 12.0. The lowest BCUT2D eigenvalue weighted by atomic mass is 9.97. The third kappa shape index (κ3) is 3.28. The van der Waals surface area contributed by atoms with Gasteiger partial charge in [-0.3, -0.25) is 9.58 Å². The first kappa shape index (κ1) is 13.4. The van der Waals surface area contributed by atoms with Crippen LogP contribution in [-0.4, -0.2) is 32.9 Å². The molecule has 2 aromatic heterocycles. The first-order valence-electron chi connectivity index (χ1n) is 7.47. The number of aromatic nitrogens is 3. The molecule has 3 heterocycles. The van der Waals surface area contributed by atoms with E-state index in [1.807, 2.05) is 23.1 Å². The van der Waals surface area contributed by atoms with Crippen molar-refractivity contribution in [2.75, 3.05) is 13.1 Å². The molecule has 5 nitrogen and oxygen atoms in total. The fraction of sp³-hybridized carbons (Fsp3) is 0.600. The highest BCUT2D eigenvalue weighted by Crippen LogP contribution is 2.20. The third-order valence-corrected chi connectivity index (χ3v) is 4.06. The second kappa shape index (κ2) is 6.22. The molecular weight excluding hydrogens is 252 g/mol. The first-order valence-corrected chi connectivity index (χ1v) is 7.47. The van der Waals surface area contributed by atoms with Gasteiger partial charge in [0.25, 0.3) is 0 Å². The van der Waals surface area contributed by atoms with Crippen molar-refractivity contribution in [3.05, 3.63) is 36.0 Å². The third-order valence-electron chi connectivity index (χ3n) is 4.06. The highest BCUT2D eigenvalue weighted by atomic mass is 16.5. The molecule has 0 atom stereocenters. The molecule has 0 radical (unpaired) electrons. The Kier molecular flexibility index (Phi) is 4.16. The molecule has 1 aliphatic heterocycles. The molecule has 0 aliphatic carbocycles. The molecule has 0 unspecified atom stereocenters. The van der Waals surface area contributed by atoms with Crippen LogP contribution in [0.2, 0.25) is 0 Å². The summed E-state index contributed by atoms with van der Waals surface area (Å²) >= 11 is 0. The van der Waals surface area contributed by atoms with Gasteiger partial charge >= 0.3 is 0 Å². The Morgan fingerprint density at radius 1 is 1.35 bits per heavy atom. The summed E-state index contributed by atoms with van der Waals surface area (Å²) in [6.45, 7) is 6.30. The van der Waals surface area contributed by atoms with Crippen molar-refractivity contribution in [2.24, 2.45) is 5.92 Å². The van der Waals surface area contributed by atoms with Gasteiger partial charge in [-0.2, -0.15) is 5.10 Å². The topological polar surface area (TPSA) is 47.1 Å². The van der Waals surface area contributed by atoms with Gasteiger partial charge in [-0.05, 0) is 44.3 Å². The molecule has 3 rings (SSSR count). The zero-order valence-corrected chi connectivity index (χ0v) is 12.0. The Bertz CT molecular complexity index is 512. The van der Waals surface area contributed by atoms with Crippen molar-refractivity contribution >= 4 is 0 Å². The fourth-order valence-corrected chi connectivity index (χ4v) is 2.82. The van der Waals surface area contributed by atoms with E-state index in [1.54, 1.807) is 0 Å². The van der Waals surface area contributed by atoms with Crippen LogP contribution in [0.4, 0.5) is 0 Å². The minimum Gasteiger partial charge on any atom is -0.360 e. The number of nitrogens with zero attached hydrogens (tertiary/aromatic N) is 4. The van der Waals surface area contributed by atoms with E-state index in [1.165, 1.54) is 12.8 Å². The maximum absolute atomic E-state index is 5.36. The van der Waals surface area contributed by atoms with E-state index in [9.17, 15) is 0 Å². The summed E-state index contributed by atoms with van der Waals surface area (Å²) in [6, 6.07) is 4.07. The normalized spacial score (nSPS) is 17.6. The van der Waals surface area contributed by atoms with Crippen LogP contribution in [-0.2, 0) is 19.5 Å². The van der Waals surface area contributed by atoms with E-state index in [-0.39, 0.29) is 0 Å². The second-order valence-electron chi connectivity index (χ2n) is 5.59. The number of aryl methyl sites for hydroxylation is 1. The van der Waals surface area contributed by atoms with E-state index in [0.717, 1.165) is 50.0 Å². The molecular formula is C15H22N4O. The predicted octanol–water partition coefficient (Wildman–Crippen LogP) is 2.35. The smallest absolute Gasteiger partial charge is 0.150 e. The highest BCUT2D eigenvalue weighted by molar-refractivity contribution is 5.05. The zero-order chi connectivity index (χ0) is 13.8. The molecule has 2 aromatic rings. The molecule has 0 N–H and O–H groups in total. The van der Waals surface area contributed by atoms with Gasteiger partial charge in [-0.1, -0.05) is 12.1 Å². The quantitative estimate of drug-likeness (QED) is 0.839. The minimum atomic E-state index is 0.743. The van der Waals surface area contributed by atoms with Gasteiger partial charge in [0.2, 0.25) is 0 Å². The van der Waals surface area contributed by atoms with Crippen molar-refractivity contribution in [3.63, 3.8) is 0 Å². The van der Waals surface area contributed by atoms with Crippen LogP contribution in [0, 0.1) is 5.92 Å². The molecule has 20 heavy (non-hydrogen) atoms. The average molecular weight is 274 g/mol. The maximum Gasteiger partial charge on any atom is 0.150 e. The number of rotatable bonds is 5. The number of hydrogen-bond donors (Lipinski definition) is 0. The molecule has 0 aromatic carbocycles. The number of piperidine rings is 1. The van der Waals surface area contributed by atoms with Crippen molar-refractivity contribution in [1.82, 2.24) is 19.8 Å². The summed E-state index contributed by atoms with van der Waals surface area (Å²) in [5.74, 6) is 1.74. The molecule has 0 amide bonds. The molecule has 0 bridgehead atoms. The Morgan fingerprint density at radius 2 is 2.20 bits per heavy atom. The van der Waals surface area contributed by atoms with E-state index in [0.29, 0.717) is 0 Å². The van der Waals surface area contributed by atoms with E-state index < -0.39 is 0 Å². The lowest BCUT2D eigenvalue weighted by Gasteiger charge is -2.31. The number of hydrogen-bond acceptors (Lipinski definition) is 4. The Labute approximate surface area is 119 Å². The molecule has 1 saturated heterocycles. The summed E-state index contributed by atoms with van der Waals surface area (Å²) in [6.07, 6.45) is 7.30. The largest absolute Gasteiger partial charge is 0.360 e. The predicted molar refractivity (Wildman–Crippen MR) is 76.1 cm³/mol. The van der Waals surface area contributed by atoms with Crippen molar-refractivity contribution in [2.45, 2.75) is 39.3 Å². The van der Waals surface area contributed by atoms with E-state index in [4.69, 9.17) is 4.52 Å². The molecule has 1 fully saturated rings. The van der Waals surface area contributed by atoms with E-state index >= 15 is 0 Å². The molecule has 0 saturated carbocycles. The van der Waals surface area contributed by atoms with Gasteiger partial charge in [0.05, 0.1) is 12.2 Å². The Balaban J connectivity index is 1.46. The molecule has 1 aliphatic rings. The molecule has 108 valence electrons. The Hall–Kier alpha value is -1.62. The van der Waals surface area contributed by atoms with Gasteiger partial charge in [0.15, 0.2) is 5.76 Å². The Morgan fingerprint density at radius 3 is 2.85 bits per heavy atom. The van der Waals surface area contributed by atoms with Crippen molar-refractivity contribution in [1.29, 1.82) is 0 Å². The SMILES string of the molecule is CCc1cc(CN2CCC(Cn3cccn3)CC2)on1. The van der Waals surface area contributed by atoms with Gasteiger partial charge in [-0.25, -0.2) is 0 Å². The lowest BCUT2D eigenvalue weighted by molar-refractivity contribution is 0.151. The van der Waals surface area contributed by atoms with Crippen LogP contribution in [0.15, 0.2) is 29.0 Å². The average Bonchev–Trinajstić information content (AvgIpc) is 3.12. The van der Waals surface area contributed by atoms with Gasteiger partial charge in [0, 0.05) is 25.0 Å². The van der Waals surface area contributed by atoms with E-state index in [2.05, 4.69) is 28.1 Å². The highest BCUT2D eigenvalue weighted by Gasteiger charge is 2.20. The lowest BCUT2D eigenvalue weighted by Crippen LogP contribution is -2.34. The molecule has 5 heteroatoms. The standard InChI is InChI=1S/C15H22N4O/c1-2-14-10-15(20-17-14)12-18-8-4-13(5-9-18)11-19-7-3-6-16-19/h3,6-7,10,13H,2,4-5,8-9,11-12H2,1H3. The maximum atomic E-state index is 5.36. The van der Waals surface area contributed by atoms with Gasteiger partial charge < -0.3 is 4.52 Å². The number of likely N-dealkylation sites (tertiary alicyclic amines) is 1. The fourth-order valence-electron chi connectivity index (χ4n) is 2.82. The van der Waals surface area contributed by atoms with Crippen LogP contribution in [0.5, 0.6) is 0 Å².